The highest BCUT2D eigenvalue weighted by atomic mass is 35.5. The number of ketones is 1. The summed E-state index contributed by atoms with van der Waals surface area (Å²) < 4.78 is 5.74. The highest BCUT2D eigenvalue weighted by Crippen LogP contribution is 2.30. The van der Waals surface area contributed by atoms with Gasteiger partial charge in [-0.1, -0.05) is 23.2 Å². The molecule has 0 aliphatic carbocycles. The summed E-state index contributed by atoms with van der Waals surface area (Å²) in [6, 6.07) is 9.18. The smallest absolute Gasteiger partial charge is 0.299 e. The lowest BCUT2D eigenvalue weighted by atomic mass is 10.1. The van der Waals surface area contributed by atoms with Crippen molar-refractivity contribution >= 4 is 29.0 Å². The number of Topliss-reactive ketones (excluding diaryl/α,β-unsaturated/α-hetero) is 1. The zero-order valence-corrected chi connectivity index (χ0v) is 14.6. The molecule has 0 saturated heterocycles. The Labute approximate surface area is 146 Å². The van der Waals surface area contributed by atoms with Crippen LogP contribution in [-0.2, 0) is 4.79 Å². The Morgan fingerprint density at radius 1 is 1.04 bits per heavy atom. The monoisotopic (exact) mass is 343 g/mol. The number of anilines is 1. The number of benzene rings is 2. The topological polar surface area (TPSA) is 46.6 Å². The minimum Gasteiger partial charge on any atom is -0.492 e. The molecule has 0 radical (unpaired) electrons. The van der Waals surface area contributed by atoms with E-state index in [1.54, 1.807) is 6.07 Å². The Balaban J connectivity index is 1.72. The van der Waals surface area contributed by atoms with Gasteiger partial charge in [-0.3, -0.25) is 9.59 Å². The van der Waals surface area contributed by atoms with E-state index in [-0.39, 0.29) is 0 Å². The van der Waals surface area contributed by atoms with Crippen LogP contribution in [0.1, 0.15) is 27.0 Å². The molecule has 2 aromatic rings. The first kappa shape index (κ1) is 16.5. The largest absolute Gasteiger partial charge is 0.492 e. The van der Waals surface area contributed by atoms with Crippen LogP contribution in [0, 0.1) is 20.8 Å². The number of fused-ring (bicyclic) bond motifs is 1. The molecular weight excluding hydrogens is 326 g/mol. The Morgan fingerprint density at radius 2 is 1.71 bits per heavy atom. The van der Waals surface area contributed by atoms with E-state index in [1.165, 1.54) is 4.90 Å². The van der Waals surface area contributed by atoms with Crippen molar-refractivity contribution in [1.82, 2.24) is 0 Å². The lowest BCUT2D eigenvalue weighted by Gasteiger charge is -2.17. The van der Waals surface area contributed by atoms with Crippen LogP contribution in [0.25, 0.3) is 0 Å². The molecule has 0 unspecified atom stereocenters. The minimum atomic E-state index is -0.498. The second kappa shape index (κ2) is 6.29. The Bertz CT molecular complexity index is 821. The van der Waals surface area contributed by atoms with Gasteiger partial charge in [-0.2, -0.15) is 0 Å². The van der Waals surface area contributed by atoms with E-state index < -0.39 is 11.7 Å². The highest BCUT2D eigenvalue weighted by molar-refractivity contribution is 6.52. The van der Waals surface area contributed by atoms with Gasteiger partial charge in [0.2, 0.25) is 0 Å². The predicted octanol–water partition coefficient (Wildman–Crippen LogP) is 3.87. The zero-order valence-electron chi connectivity index (χ0n) is 13.9. The van der Waals surface area contributed by atoms with E-state index in [2.05, 4.69) is 0 Å². The molecule has 0 bridgehead atoms. The van der Waals surface area contributed by atoms with Crippen molar-refractivity contribution in [2.24, 2.45) is 0 Å². The van der Waals surface area contributed by atoms with Crippen molar-refractivity contribution in [2.75, 3.05) is 18.1 Å². The number of aryl methyl sites for hydroxylation is 3. The van der Waals surface area contributed by atoms with Gasteiger partial charge in [0, 0.05) is 5.02 Å². The van der Waals surface area contributed by atoms with Gasteiger partial charge in [-0.15, -0.1) is 0 Å². The molecule has 0 aromatic heterocycles. The van der Waals surface area contributed by atoms with Gasteiger partial charge in [0.1, 0.15) is 12.4 Å². The quantitative estimate of drug-likeness (QED) is 0.792. The number of carbonyl (C=O) groups excluding carboxylic acids is 2. The van der Waals surface area contributed by atoms with Crippen molar-refractivity contribution in [2.45, 2.75) is 20.8 Å². The molecule has 5 heteroatoms. The van der Waals surface area contributed by atoms with E-state index in [0.717, 1.165) is 21.7 Å². The molecule has 0 spiro atoms. The molecule has 0 N–H and O–H groups in total. The number of ether oxygens (including phenoxy) is 1. The van der Waals surface area contributed by atoms with Gasteiger partial charge in [0.25, 0.3) is 11.7 Å². The van der Waals surface area contributed by atoms with Crippen LogP contribution in [0.4, 0.5) is 5.69 Å². The van der Waals surface area contributed by atoms with Gasteiger partial charge >= 0.3 is 0 Å². The summed E-state index contributed by atoms with van der Waals surface area (Å²) in [5.41, 5.74) is 3.97. The van der Waals surface area contributed by atoms with E-state index >= 15 is 0 Å². The number of amides is 1. The molecule has 0 atom stereocenters. The second-order valence-electron chi connectivity index (χ2n) is 6.03. The fourth-order valence-electron chi connectivity index (χ4n) is 2.88. The van der Waals surface area contributed by atoms with E-state index in [9.17, 15) is 9.59 Å². The van der Waals surface area contributed by atoms with Gasteiger partial charge in [-0.05, 0) is 56.2 Å². The van der Waals surface area contributed by atoms with Crippen LogP contribution in [0.5, 0.6) is 5.75 Å². The first-order valence-electron chi connectivity index (χ1n) is 7.75. The highest BCUT2D eigenvalue weighted by Gasteiger charge is 2.35. The molecule has 2 aromatic carbocycles. The summed E-state index contributed by atoms with van der Waals surface area (Å²) in [5.74, 6) is -0.244. The lowest BCUT2D eigenvalue weighted by molar-refractivity contribution is -0.114. The fraction of sp³-hybridized carbons (Fsp3) is 0.263. The molecule has 0 saturated carbocycles. The summed E-state index contributed by atoms with van der Waals surface area (Å²) >= 11 is 6.15. The SMILES string of the molecule is Cc1ccc2c(c1)C(=O)C(=O)N2CCOc1cc(C)c(Cl)c(C)c1. The van der Waals surface area contributed by atoms with E-state index in [0.29, 0.717) is 30.2 Å². The molecule has 124 valence electrons. The third kappa shape index (κ3) is 2.89. The second-order valence-corrected chi connectivity index (χ2v) is 6.40. The van der Waals surface area contributed by atoms with Crippen molar-refractivity contribution in [3.8, 4) is 5.75 Å². The summed E-state index contributed by atoms with van der Waals surface area (Å²) in [6.07, 6.45) is 0. The van der Waals surface area contributed by atoms with E-state index in [1.807, 2.05) is 45.0 Å². The Morgan fingerprint density at radius 3 is 2.38 bits per heavy atom. The Kier molecular flexibility index (Phi) is 4.33. The maximum atomic E-state index is 12.2. The van der Waals surface area contributed by atoms with Gasteiger partial charge < -0.3 is 9.64 Å². The molecule has 4 nitrogen and oxygen atoms in total. The van der Waals surface area contributed by atoms with Crippen LogP contribution in [0.15, 0.2) is 30.3 Å². The average Bonchev–Trinajstić information content (AvgIpc) is 2.77. The summed E-state index contributed by atoms with van der Waals surface area (Å²) in [4.78, 5) is 25.7. The molecule has 24 heavy (non-hydrogen) atoms. The van der Waals surface area contributed by atoms with Gasteiger partial charge in [0.15, 0.2) is 0 Å². The molecule has 1 aliphatic rings. The van der Waals surface area contributed by atoms with Crippen LogP contribution >= 0.6 is 11.6 Å². The number of hydrogen-bond acceptors (Lipinski definition) is 3. The summed E-state index contributed by atoms with van der Waals surface area (Å²) in [5, 5.41) is 0.729. The van der Waals surface area contributed by atoms with E-state index in [4.69, 9.17) is 16.3 Å². The summed E-state index contributed by atoms with van der Waals surface area (Å²) in [7, 11) is 0. The Hall–Kier alpha value is -2.33. The van der Waals surface area contributed by atoms with Crippen LogP contribution in [-0.4, -0.2) is 24.8 Å². The lowest BCUT2D eigenvalue weighted by Crippen LogP contribution is -2.33. The van der Waals surface area contributed by atoms with Gasteiger partial charge in [-0.25, -0.2) is 0 Å². The first-order valence-corrected chi connectivity index (χ1v) is 8.12. The third-order valence-corrected chi connectivity index (χ3v) is 4.72. The van der Waals surface area contributed by atoms with Crippen molar-refractivity contribution in [3.05, 3.63) is 57.6 Å². The number of carbonyl (C=O) groups is 2. The van der Waals surface area contributed by atoms with Crippen molar-refractivity contribution < 1.29 is 14.3 Å². The fourth-order valence-corrected chi connectivity index (χ4v) is 2.99. The first-order chi connectivity index (χ1) is 11.4. The minimum absolute atomic E-state index is 0.298. The number of hydrogen-bond donors (Lipinski definition) is 0. The maximum Gasteiger partial charge on any atom is 0.299 e. The third-order valence-electron chi connectivity index (χ3n) is 4.12. The number of nitrogens with zero attached hydrogens (tertiary/aromatic N) is 1. The van der Waals surface area contributed by atoms with Crippen molar-refractivity contribution in [1.29, 1.82) is 0 Å². The molecular formula is C19H18ClNO3. The molecule has 0 fully saturated rings. The average molecular weight is 344 g/mol. The zero-order chi connectivity index (χ0) is 17.4. The summed E-state index contributed by atoms with van der Waals surface area (Å²) in [6.45, 7) is 6.36. The standard InChI is InChI=1S/C19H18ClNO3/c1-11-4-5-16-15(8-11)18(22)19(23)21(16)6-7-24-14-9-12(2)17(20)13(3)10-14/h4-5,8-10H,6-7H2,1-3H3. The maximum absolute atomic E-state index is 12.2. The normalized spacial score (nSPS) is 13.4. The molecule has 1 heterocycles. The molecule has 1 amide bonds. The number of halogens is 1. The van der Waals surface area contributed by atoms with Crippen LogP contribution in [0.2, 0.25) is 5.02 Å². The number of rotatable bonds is 4. The van der Waals surface area contributed by atoms with Gasteiger partial charge in [0.05, 0.1) is 17.8 Å². The van der Waals surface area contributed by atoms with Crippen LogP contribution in [0.3, 0.4) is 0 Å². The van der Waals surface area contributed by atoms with Crippen LogP contribution < -0.4 is 9.64 Å². The predicted molar refractivity (Wildman–Crippen MR) is 94.3 cm³/mol. The molecule has 1 aliphatic heterocycles. The van der Waals surface area contributed by atoms with Crippen molar-refractivity contribution in [3.63, 3.8) is 0 Å². The molecule has 3 rings (SSSR count).